The summed E-state index contributed by atoms with van der Waals surface area (Å²) in [4.78, 5) is 0. The van der Waals surface area contributed by atoms with Crippen LogP contribution < -0.4 is 0 Å². The highest BCUT2D eigenvalue weighted by Crippen LogP contribution is 2.13. The number of nitrogens with zero attached hydrogens (tertiary/aromatic N) is 2. The fourth-order valence-electron chi connectivity index (χ4n) is 2.07. The maximum absolute atomic E-state index is 10.1. The van der Waals surface area contributed by atoms with Gasteiger partial charge in [-0.1, -0.05) is 13.8 Å². The Morgan fingerprint density at radius 3 is 2.59 bits per heavy atom. The third kappa shape index (κ3) is 3.54. The molecule has 0 fully saturated rings. The van der Waals surface area contributed by atoms with Gasteiger partial charge in [-0.25, -0.2) is 0 Å². The Balaban J connectivity index is 2.75. The first-order valence-electron chi connectivity index (χ1n) is 6.42. The van der Waals surface area contributed by atoms with Crippen molar-refractivity contribution in [3.8, 4) is 0 Å². The minimum atomic E-state index is -0.461. The van der Waals surface area contributed by atoms with Crippen LogP contribution in [0.1, 0.15) is 38.6 Å². The van der Waals surface area contributed by atoms with E-state index >= 15 is 0 Å². The maximum atomic E-state index is 10.1. The molecule has 98 valence electrons. The van der Waals surface area contributed by atoms with Gasteiger partial charge in [-0.15, -0.1) is 0 Å². The van der Waals surface area contributed by atoms with Crippen molar-refractivity contribution in [3.05, 3.63) is 17.5 Å². The molecule has 0 saturated carbocycles. The molecule has 0 radical (unpaired) electrons. The van der Waals surface area contributed by atoms with Gasteiger partial charge in [-0.05, 0) is 25.8 Å². The molecule has 17 heavy (non-hydrogen) atoms. The zero-order chi connectivity index (χ0) is 12.8. The highest BCUT2D eigenvalue weighted by atomic mass is 16.5. The van der Waals surface area contributed by atoms with Crippen LogP contribution in [0.5, 0.6) is 0 Å². The molecule has 0 spiro atoms. The van der Waals surface area contributed by atoms with E-state index < -0.39 is 6.10 Å². The second-order valence-corrected chi connectivity index (χ2v) is 4.25. The number of ether oxygens (including phenoxy) is 1. The highest BCUT2D eigenvalue weighted by molar-refractivity contribution is 5.11. The average molecular weight is 240 g/mol. The lowest BCUT2D eigenvalue weighted by Crippen LogP contribution is -2.30. The van der Waals surface area contributed by atoms with E-state index in [-0.39, 0.29) is 6.10 Å². The smallest absolute Gasteiger partial charge is 0.0856 e. The predicted molar refractivity (Wildman–Crippen MR) is 68.1 cm³/mol. The average Bonchev–Trinajstić information content (AvgIpc) is 2.73. The fourth-order valence-corrected chi connectivity index (χ4v) is 2.07. The van der Waals surface area contributed by atoms with Gasteiger partial charge in [0.2, 0.25) is 0 Å². The monoisotopic (exact) mass is 240 g/mol. The Morgan fingerprint density at radius 2 is 2.12 bits per heavy atom. The molecule has 4 nitrogen and oxygen atoms in total. The van der Waals surface area contributed by atoms with Gasteiger partial charge in [0.25, 0.3) is 0 Å². The highest BCUT2D eigenvalue weighted by Gasteiger charge is 2.19. The molecule has 0 bridgehead atoms. The second-order valence-electron chi connectivity index (χ2n) is 4.25. The first kappa shape index (κ1) is 14.2. The minimum absolute atomic E-state index is 0.0970. The summed E-state index contributed by atoms with van der Waals surface area (Å²) >= 11 is 0. The molecule has 0 aliphatic carbocycles. The molecule has 1 heterocycles. The molecule has 0 saturated heterocycles. The Hall–Kier alpha value is -0.870. The summed E-state index contributed by atoms with van der Waals surface area (Å²) in [6.45, 7) is 7.01. The van der Waals surface area contributed by atoms with Crippen molar-refractivity contribution in [1.29, 1.82) is 0 Å². The topological polar surface area (TPSA) is 47.3 Å². The van der Waals surface area contributed by atoms with Crippen LogP contribution in [-0.4, -0.2) is 34.2 Å². The lowest BCUT2D eigenvalue weighted by molar-refractivity contribution is -0.0137. The summed E-state index contributed by atoms with van der Waals surface area (Å²) in [5.41, 5.74) is 2.17. The van der Waals surface area contributed by atoms with E-state index in [0.717, 1.165) is 30.8 Å². The number of aryl methyl sites for hydroxylation is 2. The predicted octanol–water partition coefficient (Wildman–Crippen LogP) is 1.79. The van der Waals surface area contributed by atoms with Crippen molar-refractivity contribution >= 4 is 0 Å². The van der Waals surface area contributed by atoms with Crippen molar-refractivity contribution < 1.29 is 9.84 Å². The molecule has 0 aromatic carbocycles. The van der Waals surface area contributed by atoms with Crippen LogP contribution >= 0.6 is 0 Å². The van der Waals surface area contributed by atoms with E-state index in [1.165, 1.54) is 0 Å². The summed E-state index contributed by atoms with van der Waals surface area (Å²) < 4.78 is 7.22. The Bertz CT molecular complexity index is 332. The number of aliphatic hydroxyl groups is 1. The second kappa shape index (κ2) is 6.77. The third-order valence-electron chi connectivity index (χ3n) is 3.13. The number of aromatic nitrogens is 2. The Morgan fingerprint density at radius 1 is 1.41 bits per heavy atom. The number of hydrogen-bond acceptors (Lipinski definition) is 3. The first-order valence-corrected chi connectivity index (χ1v) is 6.42. The largest absolute Gasteiger partial charge is 0.390 e. The van der Waals surface area contributed by atoms with Gasteiger partial charge in [0.05, 0.1) is 17.9 Å². The van der Waals surface area contributed by atoms with Gasteiger partial charge < -0.3 is 9.84 Å². The van der Waals surface area contributed by atoms with Gasteiger partial charge in [-0.3, -0.25) is 4.68 Å². The number of methoxy groups -OCH3 is 1. The first-order chi connectivity index (χ1) is 8.15. The minimum Gasteiger partial charge on any atom is -0.390 e. The molecule has 0 aliphatic rings. The van der Waals surface area contributed by atoms with E-state index in [4.69, 9.17) is 4.74 Å². The summed E-state index contributed by atoms with van der Waals surface area (Å²) in [6, 6.07) is 2.08. The van der Waals surface area contributed by atoms with Crippen LogP contribution in [0.4, 0.5) is 0 Å². The van der Waals surface area contributed by atoms with Crippen LogP contribution in [0, 0.1) is 0 Å². The van der Waals surface area contributed by atoms with Crippen molar-refractivity contribution in [2.45, 2.75) is 58.8 Å². The molecular formula is C13H24N2O2. The van der Waals surface area contributed by atoms with E-state index in [2.05, 4.69) is 25.0 Å². The molecule has 4 heteroatoms. The molecule has 0 amide bonds. The lowest BCUT2D eigenvalue weighted by atomic mass is 10.1. The van der Waals surface area contributed by atoms with Gasteiger partial charge in [0.1, 0.15) is 0 Å². The number of aliphatic hydroxyl groups excluding tert-OH is 1. The van der Waals surface area contributed by atoms with Crippen LogP contribution in [0.2, 0.25) is 0 Å². The zero-order valence-corrected chi connectivity index (χ0v) is 11.3. The van der Waals surface area contributed by atoms with E-state index in [9.17, 15) is 5.11 Å². The SMILES string of the molecule is CCc1cc(CC(O)C(CC)OC)n(CC)n1. The number of hydrogen-bond donors (Lipinski definition) is 1. The summed E-state index contributed by atoms with van der Waals surface area (Å²) in [5.74, 6) is 0. The maximum Gasteiger partial charge on any atom is 0.0856 e. The molecule has 1 aromatic rings. The van der Waals surface area contributed by atoms with Crippen molar-refractivity contribution in [3.63, 3.8) is 0 Å². The molecule has 2 unspecified atom stereocenters. The summed E-state index contributed by atoms with van der Waals surface area (Å²) in [7, 11) is 1.64. The van der Waals surface area contributed by atoms with Crippen molar-refractivity contribution in [2.24, 2.45) is 0 Å². The Labute approximate surface area is 104 Å². The summed E-state index contributed by atoms with van der Waals surface area (Å²) in [6.07, 6.45) is 1.79. The van der Waals surface area contributed by atoms with Crippen molar-refractivity contribution in [2.75, 3.05) is 7.11 Å². The molecular weight excluding hydrogens is 216 g/mol. The molecule has 2 atom stereocenters. The van der Waals surface area contributed by atoms with Gasteiger partial charge >= 0.3 is 0 Å². The fraction of sp³-hybridized carbons (Fsp3) is 0.769. The van der Waals surface area contributed by atoms with Crippen LogP contribution in [0.15, 0.2) is 6.07 Å². The van der Waals surface area contributed by atoms with E-state index in [1.54, 1.807) is 7.11 Å². The van der Waals surface area contributed by atoms with Gasteiger partial charge in [0, 0.05) is 25.8 Å². The molecule has 0 aliphatic heterocycles. The molecule has 1 N–H and O–H groups in total. The van der Waals surface area contributed by atoms with Crippen LogP contribution in [0.25, 0.3) is 0 Å². The van der Waals surface area contributed by atoms with Crippen LogP contribution in [0.3, 0.4) is 0 Å². The third-order valence-corrected chi connectivity index (χ3v) is 3.13. The van der Waals surface area contributed by atoms with Gasteiger partial charge in [-0.2, -0.15) is 5.10 Å². The Kier molecular flexibility index (Phi) is 5.65. The number of rotatable bonds is 7. The normalized spacial score (nSPS) is 14.9. The zero-order valence-electron chi connectivity index (χ0n) is 11.3. The quantitative estimate of drug-likeness (QED) is 0.790. The lowest BCUT2D eigenvalue weighted by Gasteiger charge is -2.20. The standard InChI is InChI=1S/C13H24N2O2/c1-5-10-8-11(15(7-3)14-10)9-12(16)13(6-2)17-4/h8,12-13,16H,5-7,9H2,1-4H3. The van der Waals surface area contributed by atoms with Gasteiger partial charge in [0.15, 0.2) is 0 Å². The van der Waals surface area contributed by atoms with E-state index in [1.807, 2.05) is 11.6 Å². The van der Waals surface area contributed by atoms with Crippen LogP contribution in [-0.2, 0) is 24.1 Å². The summed E-state index contributed by atoms with van der Waals surface area (Å²) in [5, 5.41) is 14.6. The van der Waals surface area contributed by atoms with E-state index in [0.29, 0.717) is 6.42 Å². The molecule has 1 aromatic heterocycles. The van der Waals surface area contributed by atoms with Crippen molar-refractivity contribution in [1.82, 2.24) is 9.78 Å². The molecule has 1 rings (SSSR count).